The summed E-state index contributed by atoms with van der Waals surface area (Å²) in [5.41, 5.74) is 3.18. The normalized spacial score (nSPS) is 27.4. The van der Waals surface area contributed by atoms with E-state index in [-0.39, 0.29) is 0 Å². The summed E-state index contributed by atoms with van der Waals surface area (Å²) in [5.74, 6) is 0.872. The number of hydrogen-bond acceptors (Lipinski definition) is 2. The van der Waals surface area contributed by atoms with Crippen molar-refractivity contribution in [2.24, 2.45) is 5.92 Å². The van der Waals surface area contributed by atoms with Crippen LogP contribution in [0.25, 0.3) is 0 Å². The lowest BCUT2D eigenvalue weighted by Crippen LogP contribution is -2.38. The fraction of sp³-hybridized carbons (Fsp3) is 0.647. The molecule has 0 amide bonds. The molecule has 2 heteroatoms. The van der Waals surface area contributed by atoms with Gasteiger partial charge in [-0.05, 0) is 62.4 Å². The molecule has 0 bridgehead atoms. The van der Waals surface area contributed by atoms with Gasteiger partial charge in [0.25, 0.3) is 0 Å². The van der Waals surface area contributed by atoms with E-state index in [0.29, 0.717) is 0 Å². The van der Waals surface area contributed by atoms with Crippen LogP contribution in [0.1, 0.15) is 30.9 Å². The van der Waals surface area contributed by atoms with Gasteiger partial charge in [-0.2, -0.15) is 0 Å². The molecule has 1 aliphatic carbocycles. The first-order valence-electron chi connectivity index (χ1n) is 7.88. The highest BCUT2D eigenvalue weighted by molar-refractivity contribution is 5.30. The third-order valence-electron chi connectivity index (χ3n) is 4.84. The van der Waals surface area contributed by atoms with E-state index in [9.17, 15) is 0 Å². The summed E-state index contributed by atoms with van der Waals surface area (Å²) < 4.78 is 0. The maximum atomic E-state index is 3.50. The summed E-state index contributed by atoms with van der Waals surface area (Å²) in [6, 6.07) is 9.80. The smallest absolute Gasteiger partial charge is 0.0139 e. The highest BCUT2D eigenvalue weighted by Crippen LogP contribution is 2.28. The van der Waals surface area contributed by atoms with Crippen molar-refractivity contribution < 1.29 is 0 Å². The van der Waals surface area contributed by atoms with E-state index in [1.807, 2.05) is 0 Å². The Morgan fingerprint density at radius 2 is 2.05 bits per heavy atom. The first-order valence-corrected chi connectivity index (χ1v) is 7.88. The molecule has 2 unspecified atom stereocenters. The molecule has 0 radical (unpaired) electrons. The summed E-state index contributed by atoms with van der Waals surface area (Å²) in [6.45, 7) is 7.12. The van der Waals surface area contributed by atoms with Crippen LogP contribution < -0.4 is 5.32 Å². The van der Waals surface area contributed by atoms with Crippen molar-refractivity contribution in [3.63, 3.8) is 0 Å². The van der Waals surface area contributed by atoms with E-state index in [1.165, 1.54) is 45.3 Å². The van der Waals surface area contributed by atoms with E-state index in [0.717, 1.165) is 18.5 Å². The summed E-state index contributed by atoms with van der Waals surface area (Å²) in [4.78, 5) is 2.75. The van der Waals surface area contributed by atoms with Crippen LogP contribution in [-0.4, -0.2) is 37.1 Å². The molecule has 1 aromatic rings. The predicted molar refractivity (Wildman–Crippen MR) is 80.5 cm³/mol. The second kappa shape index (κ2) is 6.06. The second-order valence-corrected chi connectivity index (χ2v) is 6.12. The van der Waals surface area contributed by atoms with E-state index < -0.39 is 0 Å². The van der Waals surface area contributed by atoms with Crippen LogP contribution in [0.4, 0.5) is 0 Å². The van der Waals surface area contributed by atoms with Crippen molar-refractivity contribution in [1.82, 2.24) is 10.2 Å². The molecule has 1 heterocycles. The molecule has 0 aromatic heterocycles. The largest absolute Gasteiger partial charge is 0.317 e. The Hall–Kier alpha value is -0.860. The molecular weight excluding hydrogens is 232 g/mol. The fourth-order valence-electron chi connectivity index (χ4n) is 3.70. The number of aryl methyl sites for hydroxylation is 1. The van der Waals surface area contributed by atoms with Crippen molar-refractivity contribution in [2.45, 2.75) is 38.6 Å². The number of hydrogen-bond donors (Lipinski definition) is 1. The molecule has 1 fully saturated rings. The van der Waals surface area contributed by atoms with Gasteiger partial charge in [0, 0.05) is 12.6 Å². The summed E-state index contributed by atoms with van der Waals surface area (Å²) in [5, 5.41) is 3.50. The molecule has 2 atom stereocenters. The van der Waals surface area contributed by atoms with Crippen LogP contribution in [0.2, 0.25) is 0 Å². The van der Waals surface area contributed by atoms with Crippen LogP contribution in [0.5, 0.6) is 0 Å². The third-order valence-corrected chi connectivity index (χ3v) is 4.84. The molecule has 1 aliphatic heterocycles. The monoisotopic (exact) mass is 258 g/mol. The minimum atomic E-state index is 0.793. The second-order valence-electron chi connectivity index (χ2n) is 6.12. The lowest BCUT2D eigenvalue weighted by molar-refractivity contribution is 0.214. The van der Waals surface area contributed by atoms with Crippen LogP contribution in [-0.2, 0) is 12.8 Å². The van der Waals surface area contributed by atoms with Crippen molar-refractivity contribution in [3.05, 3.63) is 35.4 Å². The van der Waals surface area contributed by atoms with Gasteiger partial charge in [0.05, 0.1) is 0 Å². The van der Waals surface area contributed by atoms with Gasteiger partial charge in [-0.15, -0.1) is 0 Å². The van der Waals surface area contributed by atoms with Gasteiger partial charge >= 0.3 is 0 Å². The van der Waals surface area contributed by atoms with Crippen molar-refractivity contribution in [2.75, 3.05) is 26.2 Å². The van der Waals surface area contributed by atoms with E-state index in [2.05, 4.69) is 41.4 Å². The molecule has 1 aromatic carbocycles. The zero-order chi connectivity index (χ0) is 13.1. The predicted octanol–water partition coefficient (Wildman–Crippen LogP) is 2.48. The molecule has 3 rings (SSSR count). The number of fused-ring (bicyclic) bond motifs is 1. The minimum Gasteiger partial charge on any atom is -0.317 e. The molecular formula is C17H26N2. The maximum Gasteiger partial charge on any atom is 0.0139 e. The molecule has 1 N–H and O–H groups in total. The standard InChI is InChI=1S/C17H26N2/c1-2-18-12-14-9-10-19(13-14)17-8-7-15-5-3-4-6-16(15)11-17/h3-6,14,17-18H,2,7-13H2,1H3. The molecule has 2 aliphatic rings. The van der Waals surface area contributed by atoms with Crippen molar-refractivity contribution in [1.29, 1.82) is 0 Å². The third kappa shape index (κ3) is 3.01. The van der Waals surface area contributed by atoms with E-state index >= 15 is 0 Å². The van der Waals surface area contributed by atoms with Crippen molar-refractivity contribution in [3.8, 4) is 0 Å². The molecule has 2 nitrogen and oxygen atoms in total. The van der Waals surface area contributed by atoms with Gasteiger partial charge in [-0.25, -0.2) is 0 Å². The fourth-order valence-corrected chi connectivity index (χ4v) is 3.70. The Morgan fingerprint density at radius 1 is 1.21 bits per heavy atom. The van der Waals surface area contributed by atoms with Crippen LogP contribution in [0.15, 0.2) is 24.3 Å². The highest BCUT2D eigenvalue weighted by Gasteiger charge is 2.30. The average molecular weight is 258 g/mol. The molecule has 1 saturated heterocycles. The maximum absolute atomic E-state index is 3.50. The lowest BCUT2D eigenvalue weighted by Gasteiger charge is -2.32. The van der Waals surface area contributed by atoms with Gasteiger partial charge in [0.15, 0.2) is 0 Å². The van der Waals surface area contributed by atoms with Gasteiger partial charge in [0.1, 0.15) is 0 Å². The number of benzene rings is 1. The van der Waals surface area contributed by atoms with Gasteiger partial charge in [0.2, 0.25) is 0 Å². The zero-order valence-electron chi connectivity index (χ0n) is 12.1. The molecule has 104 valence electrons. The minimum absolute atomic E-state index is 0.793. The Kier molecular flexibility index (Phi) is 4.19. The zero-order valence-corrected chi connectivity index (χ0v) is 12.1. The van der Waals surface area contributed by atoms with E-state index in [4.69, 9.17) is 0 Å². The van der Waals surface area contributed by atoms with Crippen LogP contribution in [0, 0.1) is 5.92 Å². The molecule has 0 saturated carbocycles. The summed E-state index contributed by atoms with van der Waals surface area (Å²) in [6.07, 6.45) is 5.27. The van der Waals surface area contributed by atoms with Crippen LogP contribution in [0.3, 0.4) is 0 Å². The highest BCUT2D eigenvalue weighted by atomic mass is 15.2. The first kappa shape index (κ1) is 13.1. The summed E-state index contributed by atoms with van der Waals surface area (Å²) >= 11 is 0. The number of nitrogens with zero attached hydrogens (tertiary/aromatic N) is 1. The number of likely N-dealkylation sites (tertiary alicyclic amines) is 1. The van der Waals surface area contributed by atoms with Gasteiger partial charge in [-0.1, -0.05) is 31.2 Å². The Labute approximate surface area is 117 Å². The molecule has 0 spiro atoms. The number of rotatable bonds is 4. The summed E-state index contributed by atoms with van der Waals surface area (Å²) in [7, 11) is 0. The van der Waals surface area contributed by atoms with Crippen molar-refractivity contribution >= 4 is 0 Å². The average Bonchev–Trinajstić information content (AvgIpc) is 2.93. The Bertz CT molecular complexity index is 415. The van der Waals surface area contributed by atoms with Crippen LogP contribution >= 0.6 is 0 Å². The molecule has 19 heavy (non-hydrogen) atoms. The SMILES string of the molecule is CCNCC1CCN(C2CCc3ccccc3C2)C1. The van der Waals surface area contributed by atoms with Gasteiger partial charge in [-0.3, -0.25) is 4.90 Å². The Morgan fingerprint density at radius 3 is 2.89 bits per heavy atom. The number of nitrogens with one attached hydrogen (secondary N) is 1. The first-order chi connectivity index (χ1) is 9.36. The van der Waals surface area contributed by atoms with Gasteiger partial charge < -0.3 is 5.32 Å². The van der Waals surface area contributed by atoms with E-state index in [1.54, 1.807) is 11.1 Å². The quantitative estimate of drug-likeness (QED) is 0.892. The Balaban J connectivity index is 1.57. The lowest BCUT2D eigenvalue weighted by atomic mass is 9.87. The topological polar surface area (TPSA) is 15.3 Å².